The molecule has 1 aromatic carbocycles. The van der Waals surface area contributed by atoms with Crippen LogP contribution < -0.4 is 10.3 Å². The van der Waals surface area contributed by atoms with E-state index in [9.17, 15) is 9.18 Å². The van der Waals surface area contributed by atoms with E-state index < -0.39 is 0 Å². The van der Waals surface area contributed by atoms with Crippen LogP contribution in [0.15, 0.2) is 64.1 Å². The molecule has 0 aliphatic rings. The van der Waals surface area contributed by atoms with Gasteiger partial charge >= 0.3 is 0 Å². The number of ether oxygens (including phenoxy) is 1. The Hall–Kier alpha value is -3.39. The van der Waals surface area contributed by atoms with Crippen LogP contribution in [0.2, 0.25) is 0 Å². The second-order valence-corrected chi connectivity index (χ2v) is 9.13. The van der Waals surface area contributed by atoms with Gasteiger partial charge in [-0.05, 0) is 65.2 Å². The Morgan fingerprint density at radius 2 is 1.82 bits per heavy atom. The number of halogens is 2. The predicted molar refractivity (Wildman–Crippen MR) is 133 cm³/mol. The van der Waals surface area contributed by atoms with Gasteiger partial charge in [0.2, 0.25) is 0 Å². The highest BCUT2D eigenvalue weighted by Gasteiger charge is 2.16. The Morgan fingerprint density at radius 1 is 1.09 bits per heavy atom. The van der Waals surface area contributed by atoms with Gasteiger partial charge in [-0.3, -0.25) is 14.3 Å². The maximum Gasteiger partial charge on any atom is 0.273 e. The maximum absolute atomic E-state index is 13.3. The van der Waals surface area contributed by atoms with Gasteiger partial charge in [-0.15, -0.1) is 0 Å². The van der Waals surface area contributed by atoms with Gasteiger partial charge in [-0.1, -0.05) is 26.0 Å². The molecule has 34 heavy (non-hydrogen) atoms. The summed E-state index contributed by atoms with van der Waals surface area (Å²) in [5.74, 6) is 1.04. The molecule has 0 radical (unpaired) electrons. The van der Waals surface area contributed by atoms with Crippen molar-refractivity contribution in [2.45, 2.75) is 40.2 Å². The van der Waals surface area contributed by atoms with Crippen LogP contribution in [0.4, 0.5) is 4.39 Å². The fourth-order valence-corrected chi connectivity index (χ4v) is 3.94. The zero-order valence-electron chi connectivity index (χ0n) is 19.3. The predicted octanol–water partition coefficient (Wildman–Crippen LogP) is 5.91. The normalized spacial score (nSPS) is 11.1. The van der Waals surface area contributed by atoms with Crippen molar-refractivity contribution in [3.05, 3.63) is 98.1 Å². The smallest absolute Gasteiger partial charge is 0.273 e. The summed E-state index contributed by atoms with van der Waals surface area (Å²) < 4.78 is 20.9. The van der Waals surface area contributed by atoms with Crippen LogP contribution in [0.5, 0.6) is 5.75 Å². The second kappa shape index (κ2) is 9.85. The summed E-state index contributed by atoms with van der Waals surface area (Å²) in [4.78, 5) is 26.9. The van der Waals surface area contributed by atoms with E-state index in [-0.39, 0.29) is 23.9 Å². The molecule has 4 rings (SSSR count). The molecule has 4 aromatic rings. The summed E-state index contributed by atoms with van der Waals surface area (Å²) in [6.45, 7) is 8.07. The molecule has 0 atom stereocenters. The van der Waals surface area contributed by atoms with Crippen molar-refractivity contribution in [2.24, 2.45) is 0 Å². The van der Waals surface area contributed by atoms with Gasteiger partial charge in [-0.2, -0.15) is 0 Å². The van der Waals surface area contributed by atoms with Crippen molar-refractivity contribution in [2.75, 3.05) is 0 Å². The number of benzene rings is 1. The van der Waals surface area contributed by atoms with Crippen molar-refractivity contribution in [1.82, 2.24) is 19.5 Å². The number of rotatable bonds is 6. The Balaban J connectivity index is 1.69. The van der Waals surface area contributed by atoms with E-state index >= 15 is 0 Å². The number of hydrogen-bond acceptors (Lipinski definition) is 5. The molecular formula is C26H24BrFN4O2. The van der Waals surface area contributed by atoms with Crippen LogP contribution in [0.25, 0.3) is 17.1 Å². The van der Waals surface area contributed by atoms with Crippen LogP contribution >= 0.6 is 15.9 Å². The second-order valence-electron chi connectivity index (χ2n) is 8.33. The fourth-order valence-electron chi connectivity index (χ4n) is 3.53. The minimum absolute atomic E-state index is 0.186. The standard InChI is InChI=1S/C26H24BrFN4O2/c1-15(2)25-30-13-16(3)24(31-25)21-12-20(9-10-29-21)32-17(4)11-22(23(27)26(32)33)34-14-18-5-7-19(28)8-6-18/h5-13,15H,14H2,1-4H3. The van der Waals surface area contributed by atoms with Crippen molar-refractivity contribution in [3.63, 3.8) is 0 Å². The molecule has 0 spiro atoms. The van der Waals surface area contributed by atoms with Crippen LogP contribution in [-0.4, -0.2) is 19.5 Å². The number of hydrogen-bond donors (Lipinski definition) is 0. The average Bonchev–Trinajstić information content (AvgIpc) is 2.82. The van der Waals surface area contributed by atoms with Crippen LogP contribution in [0.1, 0.15) is 42.4 Å². The fraction of sp³-hybridized carbons (Fsp3) is 0.231. The molecule has 0 amide bonds. The highest BCUT2D eigenvalue weighted by Crippen LogP contribution is 2.27. The molecule has 0 aliphatic carbocycles. The monoisotopic (exact) mass is 522 g/mol. The van der Waals surface area contributed by atoms with E-state index in [0.29, 0.717) is 27.3 Å². The molecular weight excluding hydrogens is 499 g/mol. The third-order valence-electron chi connectivity index (χ3n) is 5.36. The molecule has 0 saturated carbocycles. The van der Waals surface area contributed by atoms with E-state index in [4.69, 9.17) is 9.72 Å². The third kappa shape index (κ3) is 4.92. The van der Waals surface area contributed by atoms with Crippen LogP contribution in [0.3, 0.4) is 0 Å². The van der Waals surface area contributed by atoms with E-state index in [0.717, 1.165) is 22.6 Å². The summed E-state index contributed by atoms with van der Waals surface area (Å²) >= 11 is 3.39. The van der Waals surface area contributed by atoms with Crippen LogP contribution in [-0.2, 0) is 6.61 Å². The highest BCUT2D eigenvalue weighted by atomic mass is 79.9. The summed E-state index contributed by atoms with van der Waals surface area (Å²) in [5.41, 5.74) is 4.22. The van der Waals surface area contributed by atoms with E-state index in [1.807, 2.05) is 33.8 Å². The molecule has 0 bridgehead atoms. The molecule has 6 nitrogen and oxygen atoms in total. The highest BCUT2D eigenvalue weighted by molar-refractivity contribution is 9.10. The molecule has 8 heteroatoms. The third-order valence-corrected chi connectivity index (χ3v) is 6.09. The summed E-state index contributed by atoms with van der Waals surface area (Å²) in [6, 6.07) is 11.5. The van der Waals surface area contributed by atoms with Gasteiger partial charge in [-0.25, -0.2) is 14.4 Å². The lowest BCUT2D eigenvalue weighted by Crippen LogP contribution is -2.22. The zero-order valence-corrected chi connectivity index (χ0v) is 20.9. The lowest BCUT2D eigenvalue weighted by atomic mass is 10.1. The number of nitrogens with zero attached hydrogens (tertiary/aromatic N) is 4. The van der Waals surface area contributed by atoms with E-state index in [1.54, 1.807) is 41.2 Å². The first-order chi connectivity index (χ1) is 16.2. The largest absolute Gasteiger partial charge is 0.487 e. The zero-order chi connectivity index (χ0) is 24.4. The maximum atomic E-state index is 13.3. The van der Waals surface area contributed by atoms with Crippen molar-refractivity contribution < 1.29 is 9.13 Å². The van der Waals surface area contributed by atoms with Gasteiger partial charge in [0.05, 0.1) is 17.1 Å². The number of aromatic nitrogens is 4. The molecule has 0 N–H and O–H groups in total. The van der Waals surface area contributed by atoms with Gasteiger partial charge in [0.15, 0.2) is 0 Å². The van der Waals surface area contributed by atoms with Gasteiger partial charge in [0.25, 0.3) is 5.56 Å². The minimum atomic E-state index is -0.308. The summed E-state index contributed by atoms with van der Waals surface area (Å²) in [5, 5.41) is 0. The molecule has 0 fully saturated rings. The van der Waals surface area contributed by atoms with Crippen molar-refractivity contribution in [3.8, 4) is 22.8 Å². The first-order valence-corrected chi connectivity index (χ1v) is 11.6. The summed E-state index contributed by atoms with van der Waals surface area (Å²) in [6.07, 6.45) is 3.47. The summed E-state index contributed by atoms with van der Waals surface area (Å²) in [7, 11) is 0. The first kappa shape index (κ1) is 23.8. The SMILES string of the molecule is Cc1cnc(C(C)C)nc1-c1cc(-n2c(C)cc(OCc3ccc(F)cc3)c(Br)c2=O)ccn1. The minimum Gasteiger partial charge on any atom is -0.487 e. The average molecular weight is 523 g/mol. The van der Waals surface area contributed by atoms with E-state index in [2.05, 4.69) is 25.9 Å². The lowest BCUT2D eigenvalue weighted by molar-refractivity contribution is 0.302. The molecule has 0 aliphatic heterocycles. The molecule has 3 aromatic heterocycles. The van der Waals surface area contributed by atoms with Gasteiger partial charge in [0, 0.05) is 30.1 Å². The molecule has 3 heterocycles. The van der Waals surface area contributed by atoms with Crippen LogP contribution in [0, 0.1) is 19.7 Å². The lowest BCUT2D eigenvalue weighted by Gasteiger charge is -2.15. The molecule has 0 saturated heterocycles. The van der Waals surface area contributed by atoms with Crippen molar-refractivity contribution in [1.29, 1.82) is 0 Å². The first-order valence-electron chi connectivity index (χ1n) is 10.8. The molecule has 0 unspecified atom stereocenters. The Morgan fingerprint density at radius 3 is 2.53 bits per heavy atom. The van der Waals surface area contributed by atoms with Gasteiger partial charge in [0.1, 0.15) is 28.5 Å². The Bertz CT molecular complexity index is 1400. The topological polar surface area (TPSA) is 69.9 Å². The van der Waals surface area contributed by atoms with Crippen molar-refractivity contribution >= 4 is 15.9 Å². The van der Waals surface area contributed by atoms with Gasteiger partial charge < -0.3 is 4.74 Å². The number of pyridine rings is 2. The Labute approximate surface area is 205 Å². The molecule has 174 valence electrons. The van der Waals surface area contributed by atoms with E-state index in [1.165, 1.54) is 12.1 Å². The number of aryl methyl sites for hydroxylation is 2. The quantitative estimate of drug-likeness (QED) is 0.314. The Kier molecular flexibility index (Phi) is 6.88.